The number of aryl methyl sites for hydroxylation is 2. The Labute approximate surface area is 167 Å². The fourth-order valence-corrected chi connectivity index (χ4v) is 2.05. The van der Waals surface area contributed by atoms with E-state index in [-0.39, 0.29) is 11.3 Å². The molecule has 1 N–H and O–H groups in total. The number of ether oxygens (including phenoxy) is 3. The quantitative estimate of drug-likeness (QED) is 0.694. The lowest BCUT2D eigenvalue weighted by atomic mass is 10.0. The Balaban J connectivity index is 2.23. The number of hydrogen-bond acceptors (Lipinski definition) is 4. The number of aliphatic hydroxyl groups is 1. The molecule has 0 aliphatic heterocycles. The van der Waals surface area contributed by atoms with E-state index in [0.29, 0.717) is 0 Å². The first-order valence-electron chi connectivity index (χ1n) is 13.5. The van der Waals surface area contributed by atoms with Crippen molar-refractivity contribution in [3.63, 3.8) is 0 Å². The first-order valence-corrected chi connectivity index (χ1v) is 7.53. The molecule has 0 radical (unpaired) electrons. The molecule has 0 saturated heterocycles. The summed E-state index contributed by atoms with van der Waals surface area (Å²) in [5, 5.41) is 10.5. The lowest BCUT2D eigenvalue weighted by Gasteiger charge is -2.13. The highest BCUT2D eigenvalue weighted by atomic mass is 16.5. The van der Waals surface area contributed by atoms with Gasteiger partial charge in [0, 0.05) is 5.48 Å². The van der Waals surface area contributed by atoms with Gasteiger partial charge in [-0.25, -0.2) is 0 Å². The van der Waals surface area contributed by atoms with Gasteiger partial charge < -0.3 is 19.3 Å². The molecule has 0 amide bonds. The van der Waals surface area contributed by atoms with Crippen molar-refractivity contribution in [2.75, 3.05) is 20.6 Å². The Morgan fingerprint density at radius 1 is 1.12 bits per heavy atom. The molecule has 2 aromatic rings. The highest BCUT2D eigenvalue weighted by Gasteiger charge is 2.07. The molecule has 1 unspecified atom stereocenters. The van der Waals surface area contributed by atoms with Crippen LogP contribution in [0, 0.1) is 6.92 Å². The average Bonchev–Trinajstić information content (AvgIpc) is 2.65. The fourth-order valence-electron chi connectivity index (χ4n) is 2.05. The molecule has 0 fully saturated rings. The van der Waals surface area contributed by atoms with Gasteiger partial charge in [-0.1, -0.05) is 24.6 Å². The summed E-state index contributed by atoms with van der Waals surface area (Å²) < 4.78 is 107. The summed E-state index contributed by atoms with van der Waals surface area (Å²) in [4.78, 5) is 0. The SMILES string of the molecule is [2H]C([2H])(Cc1ccc(OC([2H])([2H])[2H])c(OC([2H])([2H])[2H])c1)CC([2H])([2H])C(O)C([2H])([2H])Oc1cccc(C)c1. The molecule has 1 atom stereocenters. The third-order valence-electron chi connectivity index (χ3n) is 3.26. The average molecular weight is 357 g/mol. The van der Waals surface area contributed by atoms with Crippen molar-refractivity contribution < 1.29 is 35.8 Å². The second-order valence-corrected chi connectivity index (χ2v) is 5.23. The van der Waals surface area contributed by atoms with Crippen LogP contribution >= 0.6 is 0 Å². The van der Waals surface area contributed by atoms with E-state index in [2.05, 4.69) is 0 Å². The molecule has 136 valence electrons. The van der Waals surface area contributed by atoms with Gasteiger partial charge in [0.15, 0.2) is 11.5 Å². The Morgan fingerprint density at radius 2 is 1.96 bits per heavy atom. The van der Waals surface area contributed by atoms with Crippen LogP contribution in [0.25, 0.3) is 0 Å². The minimum Gasteiger partial charge on any atom is -0.493 e. The summed E-state index contributed by atoms with van der Waals surface area (Å²) in [5.74, 6) is -0.827. The molecule has 0 saturated carbocycles. The lowest BCUT2D eigenvalue weighted by molar-refractivity contribution is 0.0976. The Bertz CT molecular complexity index is 1070. The standard InChI is InChI=1S/C21H28O4/c1-16-7-6-10-19(13-16)25-15-18(22)9-5-4-8-17-11-12-20(23-2)21(14-17)24-3/h6-7,10-14,18,22H,4-5,8-9,15H2,1-3H3/i2D3,3D3,4D2,9D2,15D2. The Hall–Kier alpha value is -2.20. The molecule has 0 aromatic heterocycles. The second-order valence-electron chi connectivity index (χ2n) is 5.23. The van der Waals surface area contributed by atoms with Gasteiger partial charge in [-0.2, -0.15) is 0 Å². The second kappa shape index (κ2) is 9.94. The van der Waals surface area contributed by atoms with Crippen LogP contribution in [0.1, 0.15) is 46.7 Å². The third-order valence-corrected chi connectivity index (χ3v) is 3.26. The molecule has 0 heterocycles. The van der Waals surface area contributed by atoms with Gasteiger partial charge in [0.25, 0.3) is 0 Å². The first kappa shape index (κ1) is 8.45. The summed E-state index contributed by atoms with van der Waals surface area (Å²) in [7, 11) is -5.87. The predicted molar refractivity (Wildman–Crippen MR) is 99.8 cm³/mol. The minimum atomic E-state index is -2.96. The molecule has 4 heteroatoms. The lowest BCUT2D eigenvalue weighted by Crippen LogP contribution is -2.17. The van der Waals surface area contributed by atoms with Crippen molar-refractivity contribution in [3.8, 4) is 17.2 Å². The van der Waals surface area contributed by atoms with Crippen molar-refractivity contribution in [3.05, 3.63) is 53.6 Å². The van der Waals surface area contributed by atoms with Crippen LogP contribution in [-0.2, 0) is 6.42 Å². The van der Waals surface area contributed by atoms with Crippen molar-refractivity contribution in [1.82, 2.24) is 0 Å². The number of methoxy groups -OCH3 is 2. The molecule has 0 bridgehead atoms. The molecule has 2 aromatic carbocycles. The topological polar surface area (TPSA) is 47.9 Å². The van der Waals surface area contributed by atoms with E-state index >= 15 is 0 Å². The molecule has 0 aliphatic rings. The summed E-state index contributed by atoms with van der Waals surface area (Å²) in [5.41, 5.74) is 0.866. The molecule has 0 aliphatic carbocycles. The van der Waals surface area contributed by atoms with Crippen LogP contribution in [0.4, 0.5) is 0 Å². The maximum atomic E-state index is 10.5. The van der Waals surface area contributed by atoms with Gasteiger partial charge in [-0.05, 0) is 61.5 Å². The number of benzene rings is 2. The zero-order valence-corrected chi connectivity index (χ0v) is 13.7. The Morgan fingerprint density at radius 3 is 2.76 bits per heavy atom. The van der Waals surface area contributed by atoms with Crippen LogP contribution in [0.3, 0.4) is 0 Å². The molecule has 0 spiro atoms. The number of aliphatic hydroxyl groups excluding tert-OH is 1. The summed E-state index contributed by atoms with van der Waals surface area (Å²) in [6.45, 7) is -1.16. The van der Waals surface area contributed by atoms with Crippen LogP contribution in [0.2, 0.25) is 0 Å². The smallest absolute Gasteiger partial charge is 0.160 e. The Kier molecular flexibility index (Phi) is 3.36. The molecular formula is C21H28O4. The van der Waals surface area contributed by atoms with Gasteiger partial charge in [0.1, 0.15) is 12.3 Å². The van der Waals surface area contributed by atoms with E-state index < -0.39 is 63.8 Å². The van der Waals surface area contributed by atoms with Crippen LogP contribution in [-0.4, -0.2) is 31.8 Å². The maximum absolute atomic E-state index is 10.5. The van der Waals surface area contributed by atoms with E-state index in [1.54, 1.807) is 19.1 Å². The van der Waals surface area contributed by atoms with Gasteiger partial charge in [-0.15, -0.1) is 0 Å². The van der Waals surface area contributed by atoms with Gasteiger partial charge in [-0.3, -0.25) is 0 Å². The van der Waals surface area contributed by atoms with Crippen molar-refractivity contribution in [2.24, 2.45) is 0 Å². The summed E-state index contributed by atoms with van der Waals surface area (Å²) in [6.07, 6.45) is -9.00. The summed E-state index contributed by atoms with van der Waals surface area (Å²) in [6, 6.07) is 9.69. The van der Waals surface area contributed by atoms with E-state index in [9.17, 15) is 5.11 Å². The van der Waals surface area contributed by atoms with Crippen LogP contribution < -0.4 is 14.2 Å². The van der Waals surface area contributed by atoms with Gasteiger partial charge >= 0.3 is 0 Å². The molecule has 4 nitrogen and oxygen atoms in total. The van der Waals surface area contributed by atoms with Crippen molar-refractivity contribution >= 4 is 0 Å². The fraction of sp³-hybridized carbons (Fsp3) is 0.429. The highest BCUT2D eigenvalue weighted by Crippen LogP contribution is 2.28. The highest BCUT2D eigenvalue weighted by molar-refractivity contribution is 5.42. The van der Waals surface area contributed by atoms with Gasteiger partial charge in [0.2, 0.25) is 0 Å². The third kappa shape index (κ3) is 6.31. The van der Waals surface area contributed by atoms with Gasteiger partial charge in [0.05, 0.1) is 31.1 Å². The number of hydrogen-bond donors (Lipinski definition) is 1. The summed E-state index contributed by atoms with van der Waals surface area (Å²) >= 11 is 0. The predicted octanol–water partition coefficient (Wildman–Crippen LogP) is 4.16. The number of rotatable bonds is 10. The monoisotopic (exact) mass is 356 g/mol. The zero-order valence-electron chi connectivity index (χ0n) is 25.7. The zero-order chi connectivity index (χ0) is 28.4. The van der Waals surface area contributed by atoms with Crippen molar-refractivity contribution in [1.29, 1.82) is 0 Å². The molecular weight excluding hydrogens is 316 g/mol. The largest absolute Gasteiger partial charge is 0.493 e. The first-order chi connectivity index (χ1) is 16.6. The minimum absolute atomic E-state index is 0.0593. The van der Waals surface area contributed by atoms with E-state index in [1.165, 1.54) is 18.2 Å². The van der Waals surface area contributed by atoms with Crippen LogP contribution in [0.5, 0.6) is 17.2 Å². The van der Waals surface area contributed by atoms with E-state index in [1.807, 2.05) is 0 Å². The normalized spacial score (nSPS) is 21.7. The molecule has 2 rings (SSSR count). The maximum Gasteiger partial charge on any atom is 0.160 e. The van der Waals surface area contributed by atoms with Crippen LogP contribution in [0.15, 0.2) is 42.5 Å². The van der Waals surface area contributed by atoms with Crippen molar-refractivity contribution in [2.45, 2.75) is 38.6 Å². The molecule has 25 heavy (non-hydrogen) atoms. The van der Waals surface area contributed by atoms with E-state index in [0.717, 1.165) is 17.7 Å². The van der Waals surface area contributed by atoms with E-state index in [4.69, 9.17) is 30.7 Å².